The van der Waals surface area contributed by atoms with Crippen molar-refractivity contribution in [1.82, 2.24) is 0 Å². The average molecular weight is 405 g/mol. The number of thioether (sulfide) groups is 1. The summed E-state index contributed by atoms with van der Waals surface area (Å²) in [4.78, 5) is 36.8. The average Bonchev–Trinajstić information content (AvgIpc) is 2.74. The fourth-order valence-electron chi connectivity index (χ4n) is 2.67. The Morgan fingerprint density at radius 3 is 2.31 bits per heavy atom. The van der Waals surface area contributed by atoms with Gasteiger partial charge < -0.3 is 10.4 Å². The van der Waals surface area contributed by atoms with Crippen molar-refractivity contribution in [1.29, 1.82) is 0 Å². The lowest BCUT2D eigenvalue weighted by Crippen LogP contribution is -2.13. The van der Waals surface area contributed by atoms with Crippen LogP contribution in [0.4, 0.5) is 5.69 Å². The quantitative estimate of drug-likeness (QED) is 0.431. The van der Waals surface area contributed by atoms with Crippen LogP contribution in [0, 0.1) is 6.92 Å². The molecule has 3 aromatic rings. The molecular weight excluding hydrogens is 386 g/mol. The topological polar surface area (TPSA) is 83.5 Å². The zero-order valence-corrected chi connectivity index (χ0v) is 16.5. The Balaban J connectivity index is 1.69. The SMILES string of the molecule is Cc1ccc(C(=O)O)cc1NC(=O)c1cccc(SCC(=O)c2ccccc2)c1. The number of carbonyl (C=O) groups excluding carboxylic acids is 2. The molecule has 0 saturated carbocycles. The van der Waals surface area contributed by atoms with Crippen molar-refractivity contribution in [2.75, 3.05) is 11.1 Å². The smallest absolute Gasteiger partial charge is 0.335 e. The Bertz CT molecular complexity index is 1060. The van der Waals surface area contributed by atoms with Gasteiger partial charge in [0.2, 0.25) is 0 Å². The monoisotopic (exact) mass is 405 g/mol. The van der Waals surface area contributed by atoms with Crippen LogP contribution in [-0.4, -0.2) is 28.5 Å². The molecule has 0 aliphatic carbocycles. The van der Waals surface area contributed by atoms with Crippen molar-refractivity contribution in [2.45, 2.75) is 11.8 Å². The molecule has 1 amide bonds. The fraction of sp³-hybridized carbons (Fsp3) is 0.0870. The van der Waals surface area contributed by atoms with Gasteiger partial charge in [0, 0.05) is 21.7 Å². The lowest BCUT2D eigenvalue weighted by atomic mass is 10.1. The van der Waals surface area contributed by atoms with Crippen molar-refractivity contribution in [3.63, 3.8) is 0 Å². The van der Waals surface area contributed by atoms with Crippen LogP contribution in [-0.2, 0) is 0 Å². The number of aryl methyl sites for hydroxylation is 1. The predicted octanol–water partition coefficient (Wildman–Crippen LogP) is 4.92. The molecule has 0 heterocycles. The van der Waals surface area contributed by atoms with Gasteiger partial charge in [0.05, 0.1) is 11.3 Å². The number of carbonyl (C=O) groups is 3. The van der Waals surface area contributed by atoms with Gasteiger partial charge in [0.15, 0.2) is 5.78 Å². The van der Waals surface area contributed by atoms with Crippen molar-refractivity contribution >= 4 is 35.1 Å². The Labute approximate surface area is 172 Å². The lowest BCUT2D eigenvalue weighted by Gasteiger charge is -2.10. The van der Waals surface area contributed by atoms with Gasteiger partial charge in [-0.05, 0) is 42.8 Å². The minimum Gasteiger partial charge on any atom is -0.478 e. The molecule has 0 unspecified atom stereocenters. The fourth-order valence-corrected chi connectivity index (χ4v) is 3.52. The van der Waals surface area contributed by atoms with E-state index in [1.54, 1.807) is 43.3 Å². The maximum atomic E-state index is 12.6. The predicted molar refractivity (Wildman–Crippen MR) is 114 cm³/mol. The molecule has 0 aliphatic rings. The van der Waals surface area contributed by atoms with Crippen LogP contribution in [0.5, 0.6) is 0 Å². The van der Waals surface area contributed by atoms with Gasteiger partial charge in [0.1, 0.15) is 0 Å². The van der Waals surface area contributed by atoms with Crippen LogP contribution in [0.25, 0.3) is 0 Å². The minimum absolute atomic E-state index is 0.0200. The Kier molecular flexibility index (Phi) is 6.46. The van der Waals surface area contributed by atoms with Gasteiger partial charge in [-0.3, -0.25) is 9.59 Å². The lowest BCUT2D eigenvalue weighted by molar-refractivity contribution is 0.0696. The molecule has 0 saturated heterocycles. The summed E-state index contributed by atoms with van der Waals surface area (Å²) in [5.41, 5.74) is 2.41. The Morgan fingerprint density at radius 1 is 0.862 bits per heavy atom. The Morgan fingerprint density at radius 2 is 1.59 bits per heavy atom. The third-order valence-electron chi connectivity index (χ3n) is 4.29. The molecule has 0 aliphatic heterocycles. The van der Waals surface area contributed by atoms with E-state index in [0.29, 0.717) is 16.8 Å². The summed E-state index contributed by atoms with van der Waals surface area (Å²) in [7, 11) is 0. The number of amides is 1. The molecule has 6 heteroatoms. The second-order valence-corrected chi connectivity index (χ2v) is 7.44. The number of benzene rings is 3. The molecule has 3 rings (SSSR count). The maximum Gasteiger partial charge on any atom is 0.335 e. The first-order valence-corrected chi connectivity index (χ1v) is 9.89. The van der Waals surface area contributed by atoms with E-state index in [1.165, 1.54) is 23.9 Å². The van der Waals surface area contributed by atoms with Crippen LogP contribution in [0.3, 0.4) is 0 Å². The molecule has 146 valence electrons. The van der Waals surface area contributed by atoms with Crippen LogP contribution in [0.2, 0.25) is 0 Å². The number of carboxylic acid groups (broad SMARTS) is 1. The number of hydrogen-bond acceptors (Lipinski definition) is 4. The molecule has 0 aromatic heterocycles. The van der Waals surface area contributed by atoms with Gasteiger partial charge in [-0.2, -0.15) is 0 Å². The molecule has 2 N–H and O–H groups in total. The number of ketones is 1. The zero-order valence-electron chi connectivity index (χ0n) is 15.7. The van der Waals surface area contributed by atoms with Gasteiger partial charge in [-0.25, -0.2) is 4.79 Å². The third kappa shape index (κ3) is 5.33. The van der Waals surface area contributed by atoms with Crippen molar-refractivity contribution < 1.29 is 19.5 Å². The van der Waals surface area contributed by atoms with E-state index in [1.807, 2.05) is 24.3 Å². The first-order valence-electron chi connectivity index (χ1n) is 8.90. The first kappa shape index (κ1) is 20.4. The van der Waals surface area contributed by atoms with E-state index in [2.05, 4.69) is 5.32 Å². The van der Waals surface area contributed by atoms with Crippen molar-refractivity contribution in [3.05, 3.63) is 95.1 Å². The summed E-state index contributed by atoms with van der Waals surface area (Å²) in [5, 5.41) is 11.9. The standard InChI is InChI=1S/C23H19NO4S/c1-15-10-11-18(23(27)28)13-20(15)24-22(26)17-8-5-9-19(12-17)29-14-21(25)16-6-3-2-4-7-16/h2-13H,14H2,1H3,(H,24,26)(H,27,28). The molecule has 0 atom stereocenters. The summed E-state index contributed by atoms with van der Waals surface area (Å²) in [6.07, 6.45) is 0. The summed E-state index contributed by atoms with van der Waals surface area (Å²) in [6.45, 7) is 1.79. The second kappa shape index (κ2) is 9.21. The number of Topliss-reactive ketones (excluding diaryl/α,β-unsaturated/α-hetero) is 1. The highest BCUT2D eigenvalue weighted by molar-refractivity contribution is 8.00. The van der Waals surface area contributed by atoms with E-state index >= 15 is 0 Å². The van der Waals surface area contributed by atoms with Crippen LogP contribution < -0.4 is 5.32 Å². The number of anilines is 1. The van der Waals surface area contributed by atoms with Crippen LogP contribution in [0.1, 0.15) is 36.6 Å². The number of nitrogens with one attached hydrogen (secondary N) is 1. The maximum absolute atomic E-state index is 12.6. The largest absolute Gasteiger partial charge is 0.478 e. The molecule has 5 nitrogen and oxygen atoms in total. The molecule has 0 radical (unpaired) electrons. The summed E-state index contributed by atoms with van der Waals surface area (Å²) in [6, 6.07) is 20.6. The highest BCUT2D eigenvalue weighted by Gasteiger charge is 2.12. The normalized spacial score (nSPS) is 10.4. The van der Waals surface area contributed by atoms with Gasteiger partial charge in [-0.15, -0.1) is 11.8 Å². The number of aromatic carboxylic acids is 1. The summed E-state index contributed by atoms with van der Waals surface area (Å²) >= 11 is 1.36. The molecule has 29 heavy (non-hydrogen) atoms. The number of hydrogen-bond donors (Lipinski definition) is 2. The van der Waals surface area contributed by atoms with Crippen LogP contribution >= 0.6 is 11.8 Å². The van der Waals surface area contributed by atoms with E-state index in [9.17, 15) is 14.4 Å². The van der Waals surface area contributed by atoms with Crippen LogP contribution in [0.15, 0.2) is 77.7 Å². The van der Waals surface area contributed by atoms with E-state index < -0.39 is 5.97 Å². The number of carboxylic acids is 1. The van der Waals surface area contributed by atoms with E-state index in [0.717, 1.165) is 10.5 Å². The van der Waals surface area contributed by atoms with Gasteiger partial charge in [-0.1, -0.05) is 42.5 Å². The molecular formula is C23H19NO4S. The molecule has 3 aromatic carbocycles. The van der Waals surface area contributed by atoms with E-state index in [-0.39, 0.29) is 23.0 Å². The Hall–Kier alpha value is -3.38. The third-order valence-corrected chi connectivity index (χ3v) is 5.29. The van der Waals surface area contributed by atoms with Crippen molar-refractivity contribution in [3.8, 4) is 0 Å². The number of rotatable bonds is 7. The highest BCUT2D eigenvalue weighted by atomic mass is 32.2. The summed E-state index contributed by atoms with van der Waals surface area (Å²) in [5.74, 6) is -1.10. The highest BCUT2D eigenvalue weighted by Crippen LogP contribution is 2.22. The minimum atomic E-state index is -1.05. The zero-order chi connectivity index (χ0) is 20.8. The second-order valence-electron chi connectivity index (χ2n) is 6.39. The van der Waals surface area contributed by atoms with E-state index in [4.69, 9.17) is 5.11 Å². The summed E-state index contributed by atoms with van der Waals surface area (Å²) < 4.78 is 0. The first-order chi connectivity index (χ1) is 13.9. The molecule has 0 fully saturated rings. The van der Waals surface area contributed by atoms with Gasteiger partial charge in [0.25, 0.3) is 5.91 Å². The molecule has 0 spiro atoms. The van der Waals surface area contributed by atoms with Crippen molar-refractivity contribution in [2.24, 2.45) is 0 Å². The van der Waals surface area contributed by atoms with Gasteiger partial charge >= 0.3 is 5.97 Å². The molecule has 0 bridgehead atoms.